The van der Waals surface area contributed by atoms with Crippen molar-refractivity contribution in [3.8, 4) is 17.0 Å². The van der Waals surface area contributed by atoms with Crippen molar-refractivity contribution in [3.63, 3.8) is 0 Å². The van der Waals surface area contributed by atoms with E-state index in [0.29, 0.717) is 0 Å². The highest BCUT2D eigenvalue weighted by atomic mass is 16.5. The second kappa shape index (κ2) is 7.27. The first kappa shape index (κ1) is 16.1. The highest BCUT2D eigenvalue weighted by molar-refractivity contribution is 5.74. The molecule has 2 heterocycles. The topological polar surface area (TPSA) is 51.5 Å². The minimum atomic E-state index is 0.819. The minimum Gasteiger partial charge on any atom is -0.497 e. The highest BCUT2D eigenvalue weighted by Crippen LogP contribution is 2.24. The van der Waals surface area contributed by atoms with Crippen molar-refractivity contribution >= 4 is 11.3 Å². The zero-order chi connectivity index (χ0) is 17.8. The van der Waals surface area contributed by atoms with E-state index in [1.165, 1.54) is 5.56 Å². The number of hydrogen-bond donors (Lipinski definition) is 1. The van der Waals surface area contributed by atoms with Crippen molar-refractivity contribution < 1.29 is 4.74 Å². The summed E-state index contributed by atoms with van der Waals surface area (Å²) in [6.07, 6.45) is 4.58. The molecule has 5 nitrogen and oxygen atoms in total. The summed E-state index contributed by atoms with van der Waals surface area (Å²) in [5.74, 6) is 1.68. The number of aromatic nitrogens is 3. The van der Waals surface area contributed by atoms with Gasteiger partial charge < -0.3 is 10.1 Å². The van der Waals surface area contributed by atoms with Gasteiger partial charge in [-0.05, 0) is 42.3 Å². The van der Waals surface area contributed by atoms with Crippen molar-refractivity contribution in [1.82, 2.24) is 14.6 Å². The molecule has 0 aliphatic heterocycles. The number of fused-ring (bicyclic) bond motifs is 1. The van der Waals surface area contributed by atoms with Gasteiger partial charge in [-0.25, -0.2) is 9.50 Å². The predicted octanol–water partition coefficient (Wildman–Crippen LogP) is 4.06. The SMILES string of the molecule is COc1ccc(-c2cc3c(NCCc4ccccc4)nccn3n2)cc1. The molecule has 26 heavy (non-hydrogen) atoms. The molecule has 0 amide bonds. The van der Waals surface area contributed by atoms with Crippen LogP contribution >= 0.6 is 0 Å². The van der Waals surface area contributed by atoms with Gasteiger partial charge in [0.25, 0.3) is 0 Å². The van der Waals surface area contributed by atoms with Gasteiger partial charge in [0.2, 0.25) is 0 Å². The summed E-state index contributed by atoms with van der Waals surface area (Å²) < 4.78 is 7.08. The average molecular weight is 344 g/mol. The van der Waals surface area contributed by atoms with Crippen LogP contribution in [0.1, 0.15) is 5.56 Å². The third-order valence-corrected chi connectivity index (χ3v) is 4.32. The fourth-order valence-electron chi connectivity index (χ4n) is 2.93. The Hall–Kier alpha value is -3.34. The minimum absolute atomic E-state index is 0.819. The first-order valence-corrected chi connectivity index (χ1v) is 8.60. The van der Waals surface area contributed by atoms with Crippen LogP contribution in [0.2, 0.25) is 0 Å². The summed E-state index contributed by atoms with van der Waals surface area (Å²) in [7, 11) is 1.67. The summed E-state index contributed by atoms with van der Waals surface area (Å²) >= 11 is 0. The van der Waals surface area contributed by atoms with Crippen LogP contribution in [0.25, 0.3) is 16.8 Å². The largest absolute Gasteiger partial charge is 0.497 e. The van der Waals surface area contributed by atoms with E-state index in [0.717, 1.165) is 41.3 Å². The number of anilines is 1. The lowest BCUT2D eigenvalue weighted by atomic mass is 10.1. The molecule has 5 heteroatoms. The van der Waals surface area contributed by atoms with Crippen LogP contribution in [0.15, 0.2) is 73.1 Å². The van der Waals surface area contributed by atoms with Crippen molar-refractivity contribution in [2.24, 2.45) is 0 Å². The summed E-state index contributed by atoms with van der Waals surface area (Å²) in [6.45, 7) is 0.819. The molecule has 0 atom stereocenters. The van der Waals surface area contributed by atoms with Crippen LogP contribution in [0.4, 0.5) is 5.82 Å². The highest BCUT2D eigenvalue weighted by Gasteiger charge is 2.09. The van der Waals surface area contributed by atoms with Gasteiger partial charge in [0.05, 0.1) is 12.8 Å². The van der Waals surface area contributed by atoms with Gasteiger partial charge in [0, 0.05) is 24.5 Å². The van der Waals surface area contributed by atoms with E-state index in [1.54, 1.807) is 13.3 Å². The lowest BCUT2D eigenvalue weighted by Gasteiger charge is -2.06. The molecule has 0 saturated carbocycles. The van der Waals surface area contributed by atoms with Gasteiger partial charge in [-0.1, -0.05) is 30.3 Å². The summed E-state index contributed by atoms with van der Waals surface area (Å²) in [5, 5.41) is 8.09. The zero-order valence-electron chi connectivity index (χ0n) is 14.6. The maximum absolute atomic E-state index is 5.22. The molecule has 130 valence electrons. The molecular formula is C21H20N4O. The molecule has 0 fully saturated rings. The van der Waals surface area contributed by atoms with Gasteiger partial charge in [-0.2, -0.15) is 5.10 Å². The summed E-state index contributed by atoms with van der Waals surface area (Å²) in [5.41, 5.74) is 4.22. The Balaban J connectivity index is 1.55. The lowest BCUT2D eigenvalue weighted by molar-refractivity contribution is 0.415. The molecule has 0 aliphatic rings. The van der Waals surface area contributed by atoms with E-state index in [-0.39, 0.29) is 0 Å². The molecular weight excluding hydrogens is 324 g/mol. The Kier molecular flexibility index (Phi) is 4.51. The molecule has 2 aromatic carbocycles. The fourth-order valence-corrected chi connectivity index (χ4v) is 2.93. The monoisotopic (exact) mass is 344 g/mol. The Labute approximate surface area is 152 Å². The average Bonchev–Trinajstić information content (AvgIpc) is 3.14. The second-order valence-corrected chi connectivity index (χ2v) is 6.03. The first-order valence-electron chi connectivity index (χ1n) is 8.60. The van der Waals surface area contributed by atoms with Gasteiger partial charge in [-0.15, -0.1) is 0 Å². The maximum Gasteiger partial charge on any atom is 0.152 e. The summed E-state index contributed by atoms with van der Waals surface area (Å²) in [6, 6.07) is 20.4. The molecule has 0 aliphatic carbocycles. The number of hydrogen-bond acceptors (Lipinski definition) is 4. The number of ether oxygens (including phenoxy) is 1. The molecule has 1 N–H and O–H groups in total. The number of methoxy groups -OCH3 is 1. The van der Waals surface area contributed by atoms with E-state index < -0.39 is 0 Å². The predicted molar refractivity (Wildman–Crippen MR) is 104 cm³/mol. The quantitative estimate of drug-likeness (QED) is 0.573. The molecule has 2 aromatic heterocycles. The molecule has 0 saturated heterocycles. The molecule has 0 bridgehead atoms. The van der Waals surface area contributed by atoms with E-state index in [4.69, 9.17) is 4.74 Å². The lowest BCUT2D eigenvalue weighted by Crippen LogP contribution is -2.07. The third-order valence-electron chi connectivity index (χ3n) is 4.32. The summed E-state index contributed by atoms with van der Waals surface area (Å²) in [4.78, 5) is 4.48. The van der Waals surface area contributed by atoms with Gasteiger partial charge in [0.15, 0.2) is 5.82 Å². The van der Waals surface area contributed by atoms with Gasteiger partial charge >= 0.3 is 0 Å². The van der Waals surface area contributed by atoms with Crippen LogP contribution in [0.5, 0.6) is 5.75 Å². The zero-order valence-corrected chi connectivity index (χ0v) is 14.6. The second-order valence-electron chi connectivity index (χ2n) is 6.03. The van der Waals surface area contributed by atoms with Crippen LogP contribution in [-0.2, 0) is 6.42 Å². The Morgan fingerprint density at radius 2 is 1.85 bits per heavy atom. The van der Waals surface area contributed by atoms with Crippen molar-refractivity contribution in [3.05, 3.63) is 78.6 Å². The van der Waals surface area contributed by atoms with Crippen molar-refractivity contribution in [2.45, 2.75) is 6.42 Å². The number of nitrogens with one attached hydrogen (secondary N) is 1. The van der Waals surface area contributed by atoms with E-state index in [9.17, 15) is 0 Å². The van der Waals surface area contributed by atoms with E-state index >= 15 is 0 Å². The fraction of sp³-hybridized carbons (Fsp3) is 0.143. The third kappa shape index (κ3) is 3.37. The Morgan fingerprint density at radius 3 is 2.62 bits per heavy atom. The van der Waals surface area contributed by atoms with Gasteiger partial charge in [-0.3, -0.25) is 0 Å². The van der Waals surface area contributed by atoms with Crippen LogP contribution < -0.4 is 10.1 Å². The first-order chi connectivity index (χ1) is 12.8. The van der Waals surface area contributed by atoms with E-state index in [2.05, 4.69) is 45.7 Å². The maximum atomic E-state index is 5.22. The van der Waals surface area contributed by atoms with Crippen molar-refractivity contribution in [1.29, 1.82) is 0 Å². The standard InChI is InChI=1S/C21H20N4O/c1-26-18-9-7-17(8-10-18)19-15-20-21(23-13-14-25(20)24-19)22-12-11-16-5-3-2-4-6-16/h2-10,13-15H,11-12H2,1H3,(H,22,23). The van der Waals surface area contributed by atoms with Crippen LogP contribution in [0.3, 0.4) is 0 Å². The number of nitrogens with zero attached hydrogens (tertiary/aromatic N) is 3. The molecule has 0 spiro atoms. The molecule has 0 radical (unpaired) electrons. The van der Waals surface area contributed by atoms with E-state index in [1.807, 2.05) is 41.0 Å². The Morgan fingerprint density at radius 1 is 1.04 bits per heavy atom. The molecule has 0 unspecified atom stereocenters. The Bertz CT molecular complexity index is 994. The smallest absolute Gasteiger partial charge is 0.152 e. The number of benzene rings is 2. The van der Waals surface area contributed by atoms with Crippen LogP contribution in [0, 0.1) is 0 Å². The number of rotatable bonds is 6. The van der Waals surface area contributed by atoms with Gasteiger partial charge in [0.1, 0.15) is 11.3 Å². The van der Waals surface area contributed by atoms with Crippen LogP contribution in [-0.4, -0.2) is 28.3 Å². The molecule has 4 rings (SSSR count). The van der Waals surface area contributed by atoms with Crippen molar-refractivity contribution in [2.75, 3.05) is 19.0 Å². The normalized spacial score (nSPS) is 10.8. The molecule has 4 aromatic rings.